The van der Waals surface area contributed by atoms with Crippen LogP contribution in [0.25, 0.3) is 11.5 Å². The summed E-state index contributed by atoms with van der Waals surface area (Å²) in [5, 5.41) is 8.43. The Morgan fingerprint density at radius 1 is 1.10 bits per heavy atom. The molecule has 29 heavy (non-hydrogen) atoms. The first-order valence-corrected chi connectivity index (χ1v) is 10.3. The first-order chi connectivity index (χ1) is 14.0. The Balaban J connectivity index is 1.45. The van der Waals surface area contributed by atoms with Gasteiger partial charge in [0.15, 0.2) is 5.78 Å². The molecule has 0 saturated heterocycles. The van der Waals surface area contributed by atoms with Crippen molar-refractivity contribution in [2.75, 3.05) is 5.75 Å². The lowest BCUT2D eigenvalue weighted by molar-refractivity contribution is 0.102. The van der Waals surface area contributed by atoms with Crippen LogP contribution in [0, 0.1) is 20.8 Å². The number of rotatable bonds is 7. The number of carbonyl (C=O) groups excluding carboxylic acids is 1. The summed E-state index contributed by atoms with van der Waals surface area (Å²) in [5.41, 5.74) is 4.74. The summed E-state index contributed by atoms with van der Waals surface area (Å²) in [7, 11) is 0. The number of nitrogens with zero attached hydrogens (tertiary/aromatic N) is 3. The fraction of sp³-hybridized carbons (Fsp3) is 0.227. The maximum atomic E-state index is 12.8. The minimum atomic E-state index is 0.0432. The highest BCUT2D eigenvalue weighted by Gasteiger charge is 2.18. The van der Waals surface area contributed by atoms with E-state index in [1.807, 2.05) is 45.0 Å². The first kappa shape index (κ1) is 19.3. The fourth-order valence-corrected chi connectivity index (χ4v) is 3.93. The van der Waals surface area contributed by atoms with Crippen LogP contribution in [0.15, 0.2) is 62.8 Å². The molecular formula is C22H21N3O3S. The molecule has 0 amide bonds. The molecular weight excluding hydrogens is 386 g/mol. The third kappa shape index (κ3) is 4.05. The van der Waals surface area contributed by atoms with Gasteiger partial charge in [-0.15, -0.1) is 10.2 Å². The Bertz CT molecular complexity index is 1140. The van der Waals surface area contributed by atoms with Gasteiger partial charge in [-0.1, -0.05) is 42.1 Å². The maximum Gasteiger partial charge on any atom is 0.277 e. The molecule has 148 valence electrons. The molecule has 3 heterocycles. The largest absolute Gasteiger partial charge is 0.469 e. The monoisotopic (exact) mass is 407 g/mol. The van der Waals surface area contributed by atoms with Crippen molar-refractivity contribution in [2.24, 2.45) is 0 Å². The van der Waals surface area contributed by atoms with E-state index >= 15 is 0 Å². The lowest BCUT2D eigenvalue weighted by atomic mass is 10.2. The van der Waals surface area contributed by atoms with Crippen LogP contribution >= 0.6 is 11.8 Å². The summed E-state index contributed by atoms with van der Waals surface area (Å²) >= 11 is 1.25. The van der Waals surface area contributed by atoms with Crippen molar-refractivity contribution in [3.8, 4) is 11.5 Å². The van der Waals surface area contributed by atoms with E-state index in [1.165, 1.54) is 17.3 Å². The molecule has 0 bridgehead atoms. The van der Waals surface area contributed by atoms with Crippen LogP contribution in [0.2, 0.25) is 0 Å². The van der Waals surface area contributed by atoms with Crippen LogP contribution in [0.5, 0.6) is 0 Å². The number of carbonyl (C=O) groups is 1. The van der Waals surface area contributed by atoms with Crippen LogP contribution in [0.4, 0.5) is 0 Å². The lowest BCUT2D eigenvalue weighted by Gasteiger charge is -2.09. The summed E-state index contributed by atoms with van der Waals surface area (Å²) in [6.45, 7) is 6.59. The standard InChI is InChI=1S/C22H21N3O3S/c1-14-11-19(15(2)25(14)12-17-7-5-4-6-8-17)20(26)13-29-22-24-23-21(28-22)18-9-10-27-16(18)3/h4-11H,12-13H2,1-3H3. The predicted molar refractivity (Wildman–Crippen MR) is 111 cm³/mol. The highest BCUT2D eigenvalue weighted by Crippen LogP contribution is 2.27. The van der Waals surface area contributed by atoms with Crippen molar-refractivity contribution in [1.29, 1.82) is 0 Å². The molecule has 1 aromatic carbocycles. The molecule has 4 rings (SSSR count). The topological polar surface area (TPSA) is 74.1 Å². The van der Waals surface area contributed by atoms with Gasteiger partial charge in [0.1, 0.15) is 5.76 Å². The predicted octanol–water partition coefficient (Wildman–Crippen LogP) is 5.08. The zero-order valence-electron chi connectivity index (χ0n) is 16.5. The van der Waals surface area contributed by atoms with Crippen LogP contribution < -0.4 is 0 Å². The highest BCUT2D eigenvalue weighted by molar-refractivity contribution is 7.99. The Morgan fingerprint density at radius 2 is 1.90 bits per heavy atom. The molecule has 4 aromatic rings. The van der Waals surface area contributed by atoms with Crippen LogP contribution in [0.3, 0.4) is 0 Å². The number of hydrogen-bond donors (Lipinski definition) is 0. The van der Waals surface area contributed by atoms with Crippen molar-refractivity contribution in [3.05, 3.63) is 77.0 Å². The first-order valence-electron chi connectivity index (χ1n) is 9.27. The van der Waals surface area contributed by atoms with E-state index in [2.05, 4.69) is 26.9 Å². The van der Waals surface area contributed by atoms with Gasteiger partial charge in [-0.2, -0.15) is 0 Å². The normalized spacial score (nSPS) is 11.1. The van der Waals surface area contributed by atoms with E-state index in [4.69, 9.17) is 8.83 Å². The third-order valence-corrected chi connectivity index (χ3v) is 5.70. The van der Waals surface area contributed by atoms with Gasteiger partial charge in [0.2, 0.25) is 0 Å². The molecule has 0 unspecified atom stereocenters. The Hall–Kier alpha value is -3.06. The number of thioether (sulfide) groups is 1. The quantitative estimate of drug-likeness (QED) is 0.314. The van der Waals surface area contributed by atoms with Gasteiger partial charge >= 0.3 is 0 Å². The zero-order valence-corrected chi connectivity index (χ0v) is 17.3. The second-order valence-electron chi connectivity index (χ2n) is 6.83. The molecule has 0 spiro atoms. The molecule has 3 aromatic heterocycles. The summed E-state index contributed by atoms with van der Waals surface area (Å²) in [4.78, 5) is 12.8. The second kappa shape index (κ2) is 8.13. The number of Topliss-reactive ketones (excluding diaryl/α,β-unsaturated/α-hetero) is 1. The molecule has 0 saturated carbocycles. The number of furan rings is 1. The van der Waals surface area contributed by atoms with E-state index in [9.17, 15) is 4.79 Å². The number of aryl methyl sites for hydroxylation is 2. The molecule has 0 aliphatic carbocycles. The van der Waals surface area contributed by atoms with Crippen LogP contribution in [-0.2, 0) is 6.54 Å². The highest BCUT2D eigenvalue weighted by atomic mass is 32.2. The minimum Gasteiger partial charge on any atom is -0.469 e. The SMILES string of the molecule is Cc1occc1-c1nnc(SCC(=O)c2cc(C)n(Cc3ccccc3)c2C)o1. The summed E-state index contributed by atoms with van der Waals surface area (Å²) in [5.74, 6) is 1.39. The van der Waals surface area contributed by atoms with Gasteiger partial charge in [-0.05, 0) is 38.5 Å². The van der Waals surface area contributed by atoms with Crippen molar-refractivity contribution in [1.82, 2.24) is 14.8 Å². The fourth-order valence-electron chi connectivity index (χ4n) is 3.28. The maximum absolute atomic E-state index is 12.8. The van der Waals surface area contributed by atoms with Gasteiger partial charge in [0.25, 0.3) is 11.1 Å². The minimum absolute atomic E-state index is 0.0432. The molecule has 0 radical (unpaired) electrons. The molecule has 7 heteroatoms. The van der Waals surface area contributed by atoms with Gasteiger partial charge in [0.05, 0.1) is 17.6 Å². The molecule has 0 aliphatic rings. The van der Waals surface area contributed by atoms with Crippen molar-refractivity contribution < 1.29 is 13.6 Å². The van der Waals surface area contributed by atoms with Crippen LogP contribution in [-0.4, -0.2) is 26.3 Å². The molecule has 6 nitrogen and oxygen atoms in total. The molecule has 0 N–H and O–H groups in total. The van der Waals surface area contributed by atoms with Crippen LogP contribution in [0.1, 0.15) is 33.1 Å². The number of ketones is 1. The van der Waals surface area contributed by atoms with E-state index in [-0.39, 0.29) is 11.5 Å². The Kier molecular flexibility index (Phi) is 5.40. The summed E-state index contributed by atoms with van der Waals surface area (Å²) in [6.07, 6.45) is 1.58. The van der Waals surface area contributed by atoms with Crippen molar-refractivity contribution in [3.63, 3.8) is 0 Å². The van der Waals surface area contributed by atoms with Crippen molar-refractivity contribution >= 4 is 17.5 Å². The summed E-state index contributed by atoms with van der Waals surface area (Å²) in [6, 6.07) is 14.0. The molecule has 0 fully saturated rings. The van der Waals surface area contributed by atoms with Gasteiger partial charge < -0.3 is 13.4 Å². The van der Waals surface area contributed by atoms with E-state index < -0.39 is 0 Å². The van der Waals surface area contributed by atoms with Crippen molar-refractivity contribution in [2.45, 2.75) is 32.5 Å². The van der Waals surface area contributed by atoms with E-state index in [0.29, 0.717) is 16.9 Å². The summed E-state index contributed by atoms with van der Waals surface area (Å²) < 4.78 is 13.1. The van der Waals surface area contributed by atoms with E-state index in [1.54, 1.807) is 12.3 Å². The smallest absolute Gasteiger partial charge is 0.277 e. The molecule has 0 aliphatic heterocycles. The van der Waals surface area contributed by atoms with E-state index in [0.717, 1.165) is 29.1 Å². The lowest BCUT2D eigenvalue weighted by Crippen LogP contribution is -2.07. The Morgan fingerprint density at radius 3 is 2.62 bits per heavy atom. The van der Waals surface area contributed by atoms with Gasteiger partial charge in [-0.3, -0.25) is 4.79 Å². The number of hydrogen-bond acceptors (Lipinski definition) is 6. The third-order valence-electron chi connectivity index (χ3n) is 4.88. The second-order valence-corrected chi connectivity index (χ2v) is 7.76. The molecule has 0 atom stereocenters. The number of aromatic nitrogens is 3. The zero-order chi connectivity index (χ0) is 20.4. The number of benzene rings is 1. The van der Waals surface area contributed by atoms with Gasteiger partial charge in [-0.25, -0.2) is 0 Å². The average Bonchev–Trinajstić information content (AvgIpc) is 3.42. The Labute approximate surface area is 172 Å². The van der Waals surface area contributed by atoms with Gasteiger partial charge in [0, 0.05) is 23.5 Å². The average molecular weight is 407 g/mol.